The number of sulfonamides is 1. The minimum atomic E-state index is -3.28. The van der Waals surface area contributed by atoms with E-state index in [0.29, 0.717) is 32.4 Å². The van der Waals surface area contributed by atoms with Crippen LogP contribution in [0.25, 0.3) is 5.65 Å². The van der Waals surface area contributed by atoms with Crippen LogP contribution in [0.2, 0.25) is 0 Å². The Balaban J connectivity index is 1.57. The van der Waals surface area contributed by atoms with E-state index in [9.17, 15) is 8.42 Å². The van der Waals surface area contributed by atoms with Crippen LogP contribution in [-0.4, -0.2) is 42.3 Å². The van der Waals surface area contributed by atoms with E-state index >= 15 is 0 Å². The molecule has 1 aliphatic heterocycles. The molecule has 0 aliphatic carbocycles. The molecule has 3 heterocycles. The van der Waals surface area contributed by atoms with Gasteiger partial charge in [-0.05, 0) is 31.9 Å². The predicted molar refractivity (Wildman–Crippen MR) is 84.3 cm³/mol. The number of nitrogens with one attached hydrogen (secondary N) is 1. The lowest BCUT2D eigenvalue weighted by Gasteiger charge is -2.27. The molecule has 120 valence electrons. The summed E-state index contributed by atoms with van der Waals surface area (Å²) >= 11 is 0. The van der Waals surface area contributed by atoms with E-state index in [1.807, 2.05) is 41.9 Å². The van der Waals surface area contributed by atoms with Crippen molar-refractivity contribution in [3.63, 3.8) is 0 Å². The highest BCUT2D eigenvalue weighted by molar-refractivity contribution is 7.90. The van der Waals surface area contributed by atoms with Crippen LogP contribution in [0.5, 0.6) is 0 Å². The van der Waals surface area contributed by atoms with Gasteiger partial charge in [0.25, 0.3) is 0 Å². The second-order valence-electron chi connectivity index (χ2n) is 5.72. The molecular weight excluding hydrogens is 302 g/mol. The van der Waals surface area contributed by atoms with Gasteiger partial charge in [-0.25, -0.2) is 18.1 Å². The van der Waals surface area contributed by atoms with Crippen molar-refractivity contribution in [2.75, 3.05) is 13.2 Å². The fraction of sp³-hybridized carbons (Fsp3) is 0.533. The molecule has 0 radical (unpaired) electrons. The van der Waals surface area contributed by atoms with Gasteiger partial charge in [0.15, 0.2) is 0 Å². The van der Waals surface area contributed by atoms with Crippen LogP contribution in [-0.2, 0) is 21.2 Å². The molecule has 0 amide bonds. The van der Waals surface area contributed by atoms with Crippen LogP contribution < -0.4 is 4.72 Å². The van der Waals surface area contributed by atoms with Crippen LogP contribution in [0.4, 0.5) is 0 Å². The summed E-state index contributed by atoms with van der Waals surface area (Å²) < 4.78 is 34.7. The topological polar surface area (TPSA) is 72.7 Å². The standard InChI is InChI=1S/C15H21N3O3S/c1-12-10-14(6-9-21-12)22(19,20)16-7-5-13-11-18-8-3-2-4-15(18)17-13/h2-4,8,11-12,14,16H,5-7,9-10H2,1H3/t12-,14+/m0/s1. The Bertz CT molecular complexity index is 708. The third kappa shape index (κ3) is 3.48. The lowest BCUT2D eigenvalue weighted by atomic mass is 10.1. The largest absolute Gasteiger partial charge is 0.378 e. The molecule has 0 saturated carbocycles. The monoisotopic (exact) mass is 323 g/mol. The summed E-state index contributed by atoms with van der Waals surface area (Å²) in [6, 6.07) is 5.80. The fourth-order valence-electron chi connectivity index (χ4n) is 2.79. The maximum Gasteiger partial charge on any atom is 0.214 e. The quantitative estimate of drug-likeness (QED) is 0.902. The summed E-state index contributed by atoms with van der Waals surface area (Å²) in [5.41, 5.74) is 1.76. The first-order valence-electron chi connectivity index (χ1n) is 7.57. The molecular formula is C15H21N3O3S. The van der Waals surface area contributed by atoms with Crippen molar-refractivity contribution >= 4 is 15.7 Å². The van der Waals surface area contributed by atoms with Crippen molar-refractivity contribution in [1.29, 1.82) is 0 Å². The normalized spacial score (nSPS) is 23.0. The Morgan fingerprint density at radius 1 is 1.45 bits per heavy atom. The summed E-state index contributed by atoms with van der Waals surface area (Å²) in [5, 5.41) is -0.350. The maximum atomic E-state index is 12.3. The number of hydrogen-bond donors (Lipinski definition) is 1. The Labute approximate surface area is 130 Å². The van der Waals surface area contributed by atoms with E-state index in [1.54, 1.807) is 0 Å². The molecule has 0 unspecified atom stereocenters. The molecule has 22 heavy (non-hydrogen) atoms. The Morgan fingerprint density at radius 2 is 2.32 bits per heavy atom. The molecule has 0 aromatic carbocycles. The van der Waals surface area contributed by atoms with Crippen molar-refractivity contribution < 1.29 is 13.2 Å². The van der Waals surface area contributed by atoms with Gasteiger partial charge in [-0.3, -0.25) is 0 Å². The summed E-state index contributed by atoms with van der Waals surface area (Å²) in [6.07, 6.45) is 5.57. The SMILES string of the molecule is C[C@H]1C[C@H](S(=O)(=O)NCCc2cn3ccccc3n2)CCO1. The molecule has 1 N–H and O–H groups in total. The number of nitrogens with zero attached hydrogens (tertiary/aromatic N) is 2. The van der Waals surface area contributed by atoms with Crippen LogP contribution in [0, 0.1) is 0 Å². The average Bonchev–Trinajstić information content (AvgIpc) is 2.89. The van der Waals surface area contributed by atoms with Gasteiger partial charge in [0.1, 0.15) is 5.65 Å². The molecule has 6 nitrogen and oxygen atoms in total. The van der Waals surface area contributed by atoms with E-state index in [0.717, 1.165) is 11.3 Å². The van der Waals surface area contributed by atoms with Gasteiger partial charge >= 0.3 is 0 Å². The molecule has 1 saturated heterocycles. The van der Waals surface area contributed by atoms with Crippen molar-refractivity contribution in [2.45, 2.75) is 37.5 Å². The third-order valence-electron chi connectivity index (χ3n) is 3.97. The smallest absolute Gasteiger partial charge is 0.214 e. The number of imidazole rings is 1. The molecule has 1 fully saturated rings. The van der Waals surface area contributed by atoms with Crippen LogP contribution in [0.15, 0.2) is 30.6 Å². The molecule has 1 aliphatic rings. The van der Waals surface area contributed by atoms with Gasteiger partial charge in [0.05, 0.1) is 17.0 Å². The number of ether oxygens (including phenoxy) is 1. The zero-order valence-corrected chi connectivity index (χ0v) is 13.4. The number of hydrogen-bond acceptors (Lipinski definition) is 4. The lowest BCUT2D eigenvalue weighted by molar-refractivity contribution is 0.0299. The average molecular weight is 323 g/mol. The second-order valence-corrected chi connectivity index (χ2v) is 7.76. The Morgan fingerprint density at radius 3 is 3.09 bits per heavy atom. The summed E-state index contributed by atoms with van der Waals surface area (Å²) in [6.45, 7) is 2.80. The van der Waals surface area contributed by atoms with Crippen molar-refractivity contribution in [3.05, 3.63) is 36.3 Å². The van der Waals surface area contributed by atoms with Gasteiger partial charge in [-0.1, -0.05) is 6.07 Å². The van der Waals surface area contributed by atoms with E-state index in [4.69, 9.17) is 4.74 Å². The number of rotatable bonds is 5. The Kier molecular flexibility index (Phi) is 4.46. The van der Waals surface area contributed by atoms with E-state index in [2.05, 4.69) is 9.71 Å². The van der Waals surface area contributed by atoms with E-state index in [-0.39, 0.29) is 11.4 Å². The molecule has 3 rings (SSSR count). The van der Waals surface area contributed by atoms with Gasteiger partial charge in [0, 0.05) is 32.0 Å². The zero-order valence-electron chi connectivity index (χ0n) is 12.6. The summed E-state index contributed by atoms with van der Waals surface area (Å²) in [7, 11) is -3.28. The first-order chi connectivity index (χ1) is 10.5. The van der Waals surface area contributed by atoms with Gasteiger partial charge in [-0.15, -0.1) is 0 Å². The minimum absolute atomic E-state index is 0.00812. The number of pyridine rings is 1. The second kappa shape index (κ2) is 6.36. The zero-order chi connectivity index (χ0) is 15.6. The molecule has 2 atom stereocenters. The first kappa shape index (κ1) is 15.5. The molecule has 2 aromatic heterocycles. The van der Waals surface area contributed by atoms with Crippen molar-refractivity contribution in [3.8, 4) is 0 Å². The van der Waals surface area contributed by atoms with Gasteiger partial charge in [-0.2, -0.15) is 0 Å². The third-order valence-corrected chi connectivity index (χ3v) is 5.89. The Hall–Kier alpha value is -1.44. The lowest BCUT2D eigenvalue weighted by Crippen LogP contribution is -2.40. The highest BCUT2D eigenvalue weighted by Crippen LogP contribution is 2.19. The maximum absolute atomic E-state index is 12.3. The van der Waals surface area contributed by atoms with Crippen molar-refractivity contribution in [2.24, 2.45) is 0 Å². The highest BCUT2D eigenvalue weighted by Gasteiger charge is 2.30. The predicted octanol–water partition coefficient (Wildman–Crippen LogP) is 1.36. The first-order valence-corrected chi connectivity index (χ1v) is 9.12. The molecule has 2 aromatic rings. The molecule has 0 spiro atoms. The van der Waals surface area contributed by atoms with E-state index in [1.165, 1.54) is 0 Å². The number of fused-ring (bicyclic) bond motifs is 1. The molecule has 7 heteroatoms. The van der Waals surface area contributed by atoms with Crippen LogP contribution in [0.3, 0.4) is 0 Å². The van der Waals surface area contributed by atoms with Gasteiger partial charge < -0.3 is 9.14 Å². The summed E-state index contributed by atoms with van der Waals surface area (Å²) in [5.74, 6) is 0. The highest BCUT2D eigenvalue weighted by atomic mass is 32.2. The van der Waals surface area contributed by atoms with E-state index < -0.39 is 10.0 Å². The van der Waals surface area contributed by atoms with Crippen molar-refractivity contribution in [1.82, 2.24) is 14.1 Å². The fourth-order valence-corrected chi connectivity index (χ4v) is 4.34. The minimum Gasteiger partial charge on any atom is -0.378 e. The summed E-state index contributed by atoms with van der Waals surface area (Å²) in [4.78, 5) is 4.47. The number of aromatic nitrogens is 2. The molecule has 0 bridgehead atoms. The van der Waals surface area contributed by atoms with Crippen LogP contribution in [0.1, 0.15) is 25.5 Å². The van der Waals surface area contributed by atoms with Crippen LogP contribution >= 0.6 is 0 Å². The van der Waals surface area contributed by atoms with Gasteiger partial charge in [0.2, 0.25) is 10.0 Å².